The molecule has 0 aliphatic heterocycles. The van der Waals surface area contributed by atoms with E-state index < -0.39 is 0 Å². The van der Waals surface area contributed by atoms with E-state index in [0.29, 0.717) is 0 Å². The maximum Gasteiger partial charge on any atom is 0.0955 e. The minimum Gasteiger partial charge on any atom is -0.377 e. The molecule has 0 bridgehead atoms. The molecule has 1 aromatic heterocycles. The number of fused-ring (bicyclic) bond motifs is 1. The maximum atomic E-state index is 6.56. The van der Waals surface area contributed by atoms with Crippen molar-refractivity contribution in [2.45, 2.75) is 56.6 Å². The van der Waals surface area contributed by atoms with E-state index in [2.05, 4.69) is 18.2 Å². The van der Waals surface area contributed by atoms with Crippen LogP contribution in [-0.2, 0) is 11.2 Å². The highest BCUT2D eigenvalue weighted by Gasteiger charge is 2.37. The zero-order valence-electron chi connectivity index (χ0n) is 12.7. The second-order valence-electron chi connectivity index (χ2n) is 6.07. The van der Waals surface area contributed by atoms with Crippen LogP contribution >= 0.6 is 11.3 Å². The third-order valence-electron chi connectivity index (χ3n) is 4.76. The van der Waals surface area contributed by atoms with Gasteiger partial charge in [0.2, 0.25) is 0 Å². The van der Waals surface area contributed by atoms with Crippen LogP contribution in [0, 0.1) is 0 Å². The van der Waals surface area contributed by atoms with E-state index in [-0.39, 0.29) is 11.6 Å². The van der Waals surface area contributed by atoms with Crippen molar-refractivity contribution in [2.75, 3.05) is 7.11 Å². The second kappa shape index (κ2) is 6.42. The summed E-state index contributed by atoms with van der Waals surface area (Å²) in [5, 5.41) is 1.13. The predicted molar refractivity (Wildman–Crippen MR) is 88.7 cm³/mol. The number of benzene rings is 1. The first-order valence-corrected chi connectivity index (χ1v) is 8.70. The lowest BCUT2D eigenvalue weighted by Gasteiger charge is -2.36. The molecular weight excluding hydrogens is 280 g/mol. The van der Waals surface area contributed by atoms with Crippen LogP contribution in [0.3, 0.4) is 0 Å². The quantitative estimate of drug-likeness (QED) is 0.871. The molecule has 2 N–H and O–H groups in total. The Labute approximate surface area is 130 Å². The van der Waals surface area contributed by atoms with Gasteiger partial charge in [-0.25, -0.2) is 4.98 Å². The Morgan fingerprint density at radius 2 is 1.95 bits per heavy atom. The molecule has 1 aliphatic carbocycles. The Morgan fingerprint density at radius 1 is 1.24 bits per heavy atom. The van der Waals surface area contributed by atoms with Crippen molar-refractivity contribution >= 4 is 21.6 Å². The number of nitrogens with zero attached hydrogens (tertiary/aromatic N) is 1. The topological polar surface area (TPSA) is 48.1 Å². The summed E-state index contributed by atoms with van der Waals surface area (Å²) in [7, 11) is 1.82. The van der Waals surface area contributed by atoms with Gasteiger partial charge in [0.1, 0.15) is 0 Å². The molecule has 0 saturated heterocycles. The third-order valence-corrected chi connectivity index (χ3v) is 5.82. The van der Waals surface area contributed by atoms with Crippen LogP contribution in [0.5, 0.6) is 0 Å². The molecule has 1 aromatic carbocycles. The van der Waals surface area contributed by atoms with Crippen molar-refractivity contribution in [3.8, 4) is 0 Å². The molecule has 114 valence electrons. The van der Waals surface area contributed by atoms with Crippen molar-refractivity contribution in [1.29, 1.82) is 0 Å². The van der Waals surface area contributed by atoms with Crippen LogP contribution in [0.1, 0.15) is 43.5 Å². The molecule has 1 atom stereocenters. The van der Waals surface area contributed by atoms with E-state index in [4.69, 9.17) is 15.5 Å². The van der Waals surface area contributed by atoms with E-state index in [1.807, 2.05) is 13.2 Å². The predicted octanol–water partition coefficient (Wildman–Crippen LogP) is 3.91. The Morgan fingerprint density at radius 3 is 2.62 bits per heavy atom. The van der Waals surface area contributed by atoms with Crippen molar-refractivity contribution in [3.05, 3.63) is 29.3 Å². The minimum absolute atomic E-state index is 0.0289. The highest BCUT2D eigenvalue weighted by Crippen LogP contribution is 2.34. The highest BCUT2D eigenvalue weighted by atomic mass is 32.1. The maximum absolute atomic E-state index is 6.56. The standard InChI is InChI=1S/C17H24N2OS/c1-20-17(10-6-2-3-7-11-17)15(18)12-16-19-13-8-4-5-9-14(13)21-16/h4-5,8-9,15H,2-3,6-7,10-12,18H2,1H3. The summed E-state index contributed by atoms with van der Waals surface area (Å²) < 4.78 is 7.16. The molecule has 1 saturated carbocycles. The Hall–Kier alpha value is -0.970. The molecule has 3 nitrogen and oxygen atoms in total. The van der Waals surface area contributed by atoms with Gasteiger partial charge in [-0.1, -0.05) is 37.8 Å². The summed E-state index contributed by atoms with van der Waals surface area (Å²) in [5.74, 6) is 0. The molecule has 1 unspecified atom stereocenters. The first kappa shape index (κ1) is 14.9. The number of nitrogens with two attached hydrogens (primary N) is 1. The van der Waals surface area contributed by atoms with E-state index in [9.17, 15) is 0 Å². The fourth-order valence-electron chi connectivity index (χ4n) is 3.43. The highest BCUT2D eigenvalue weighted by molar-refractivity contribution is 7.18. The first-order valence-electron chi connectivity index (χ1n) is 7.89. The van der Waals surface area contributed by atoms with Gasteiger partial charge in [-0.3, -0.25) is 0 Å². The van der Waals surface area contributed by atoms with Gasteiger partial charge in [-0.05, 0) is 25.0 Å². The van der Waals surface area contributed by atoms with Gasteiger partial charge in [0.05, 0.1) is 20.8 Å². The number of hydrogen-bond donors (Lipinski definition) is 1. The Bertz CT molecular complexity index is 554. The molecule has 21 heavy (non-hydrogen) atoms. The monoisotopic (exact) mass is 304 g/mol. The van der Waals surface area contributed by atoms with Gasteiger partial charge < -0.3 is 10.5 Å². The number of rotatable bonds is 4. The number of para-hydroxylation sites is 1. The lowest BCUT2D eigenvalue weighted by molar-refractivity contribution is -0.0430. The van der Waals surface area contributed by atoms with Crippen LogP contribution in [0.4, 0.5) is 0 Å². The summed E-state index contributed by atoms with van der Waals surface area (Å²) in [6.45, 7) is 0. The van der Waals surface area contributed by atoms with Crippen molar-refractivity contribution in [1.82, 2.24) is 4.98 Å². The van der Waals surface area contributed by atoms with Crippen molar-refractivity contribution in [2.24, 2.45) is 5.73 Å². The largest absolute Gasteiger partial charge is 0.377 e. The van der Waals surface area contributed by atoms with Crippen LogP contribution < -0.4 is 5.73 Å². The number of thiazole rings is 1. The minimum atomic E-state index is -0.158. The van der Waals surface area contributed by atoms with Crippen molar-refractivity contribution in [3.63, 3.8) is 0 Å². The smallest absolute Gasteiger partial charge is 0.0955 e. The normalized spacial score (nSPS) is 20.3. The van der Waals surface area contributed by atoms with Crippen LogP contribution in [0.2, 0.25) is 0 Å². The molecule has 0 amide bonds. The molecule has 1 aliphatic rings. The average Bonchev–Trinajstić information content (AvgIpc) is 2.74. The third kappa shape index (κ3) is 3.12. The zero-order chi connectivity index (χ0) is 14.7. The van der Waals surface area contributed by atoms with Crippen molar-refractivity contribution < 1.29 is 4.74 Å². The summed E-state index contributed by atoms with van der Waals surface area (Å²) in [4.78, 5) is 4.72. The summed E-state index contributed by atoms with van der Waals surface area (Å²) in [6.07, 6.45) is 8.03. The molecule has 1 fully saturated rings. The molecule has 3 rings (SSSR count). The van der Waals surface area contributed by atoms with Crippen LogP contribution in [-0.4, -0.2) is 23.7 Å². The van der Waals surface area contributed by atoms with E-state index in [0.717, 1.165) is 29.8 Å². The molecule has 2 aromatic rings. The van der Waals surface area contributed by atoms with Gasteiger partial charge in [0.25, 0.3) is 0 Å². The first-order chi connectivity index (χ1) is 10.2. The number of methoxy groups -OCH3 is 1. The summed E-state index contributed by atoms with van der Waals surface area (Å²) >= 11 is 1.76. The van der Waals surface area contributed by atoms with E-state index >= 15 is 0 Å². The average molecular weight is 304 g/mol. The molecule has 0 radical (unpaired) electrons. The van der Waals surface area contributed by atoms with Gasteiger partial charge in [-0.15, -0.1) is 11.3 Å². The fourth-order valence-corrected chi connectivity index (χ4v) is 4.46. The SMILES string of the molecule is COC1(C(N)Cc2nc3ccccc3s2)CCCCCC1. The Kier molecular flexibility index (Phi) is 4.57. The fraction of sp³-hybridized carbons (Fsp3) is 0.588. The van der Waals surface area contributed by atoms with Gasteiger partial charge >= 0.3 is 0 Å². The molecule has 1 heterocycles. The molecule has 0 spiro atoms. The van der Waals surface area contributed by atoms with Crippen LogP contribution in [0.25, 0.3) is 10.2 Å². The zero-order valence-corrected chi connectivity index (χ0v) is 13.5. The lowest BCUT2D eigenvalue weighted by atomic mass is 9.85. The van der Waals surface area contributed by atoms with Gasteiger partial charge in [0, 0.05) is 19.6 Å². The summed E-state index contributed by atoms with van der Waals surface area (Å²) in [5.41, 5.74) is 7.48. The number of ether oxygens (including phenoxy) is 1. The van der Waals surface area contributed by atoms with Gasteiger partial charge in [-0.2, -0.15) is 0 Å². The van der Waals surface area contributed by atoms with E-state index in [1.165, 1.54) is 30.4 Å². The molecular formula is C17H24N2OS. The summed E-state index contributed by atoms with van der Waals surface area (Å²) in [6, 6.07) is 8.32. The second-order valence-corrected chi connectivity index (χ2v) is 7.18. The van der Waals surface area contributed by atoms with E-state index in [1.54, 1.807) is 11.3 Å². The van der Waals surface area contributed by atoms with Crippen LogP contribution in [0.15, 0.2) is 24.3 Å². The van der Waals surface area contributed by atoms with Gasteiger partial charge in [0.15, 0.2) is 0 Å². The lowest BCUT2D eigenvalue weighted by Crippen LogP contribution is -2.50. The number of hydrogen-bond acceptors (Lipinski definition) is 4. The molecule has 4 heteroatoms. The number of aromatic nitrogens is 1. The Balaban J connectivity index is 1.78.